The van der Waals surface area contributed by atoms with Crippen molar-refractivity contribution < 1.29 is 4.74 Å². The summed E-state index contributed by atoms with van der Waals surface area (Å²) in [4.78, 5) is 3.58. The highest BCUT2D eigenvalue weighted by Crippen LogP contribution is 2.41. The Morgan fingerprint density at radius 2 is 2.00 bits per heavy atom. The first kappa shape index (κ1) is 16.0. The second kappa shape index (κ2) is 5.80. The lowest BCUT2D eigenvalue weighted by atomic mass is 9.92. The maximum absolute atomic E-state index is 6.50. The van der Waals surface area contributed by atoms with Crippen LogP contribution in [0.5, 0.6) is 5.75 Å². The zero-order valence-corrected chi connectivity index (χ0v) is 15.4. The van der Waals surface area contributed by atoms with E-state index in [2.05, 4.69) is 81.2 Å². The van der Waals surface area contributed by atoms with E-state index in [9.17, 15) is 0 Å². The molecule has 0 saturated heterocycles. The number of ether oxygens (including phenoxy) is 1. The van der Waals surface area contributed by atoms with E-state index >= 15 is 0 Å². The van der Waals surface area contributed by atoms with E-state index < -0.39 is 0 Å². The predicted molar refractivity (Wildman–Crippen MR) is 107 cm³/mol. The van der Waals surface area contributed by atoms with Crippen molar-refractivity contribution in [1.82, 2.24) is 4.98 Å². The number of hydrogen-bond donors (Lipinski definition) is 1. The van der Waals surface area contributed by atoms with E-state index in [4.69, 9.17) is 4.74 Å². The Balaban J connectivity index is 1.80. The van der Waals surface area contributed by atoms with Crippen LogP contribution >= 0.6 is 0 Å². The number of nitrogens with one attached hydrogen (secondary N) is 1. The van der Waals surface area contributed by atoms with E-state index in [1.54, 1.807) is 0 Å². The van der Waals surface area contributed by atoms with Gasteiger partial charge in [0.15, 0.2) is 0 Å². The molecule has 3 aromatic rings. The number of aryl methyl sites for hydroxylation is 1. The summed E-state index contributed by atoms with van der Waals surface area (Å²) in [5.74, 6) is 1.02. The minimum Gasteiger partial charge on any atom is -0.482 e. The molecule has 0 saturated carbocycles. The number of aromatic nitrogens is 1. The number of fused-ring (bicyclic) bond motifs is 5. The van der Waals surface area contributed by atoms with Crippen LogP contribution in [0.2, 0.25) is 0 Å². The molecule has 4 rings (SSSR count). The fourth-order valence-electron chi connectivity index (χ4n) is 3.74. The normalized spacial score (nSPS) is 19.0. The van der Waals surface area contributed by atoms with Gasteiger partial charge in [0.1, 0.15) is 11.4 Å². The fourth-order valence-corrected chi connectivity index (χ4v) is 3.74. The molecule has 1 N–H and O–H groups in total. The molecule has 1 aliphatic rings. The topological polar surface area (TPSA) is 25.0 Å². The summed E-state index contributed by atoms with van der Waals surface area (Å²) in [7, 11) is 0. The second-order valence-electron chi connectivity index (χ2n) is 7.60. The average molecular weight is 331 g/mol. The zero-order valence-electron chi connectivity index (χ0n) is 15.4. The van der Waals surface area contributed by atoms with Crippen LogP contribution in [0.4, 0.5) is 0 Å². The van der Waals surface area contributed by atoms with E-state index in [-0.39, 0.29) is 5.60 Å². The average Bonchev–Trinajstić information content (AvgIpc) is 2.93. The highest BCUT2D eigenvalue weighted by Gasteiger charge is 2.29. The predicted octanol–water partition coefficient (Wildman–Crippen LogP) is 6.54. The van der Waals surface area contributed by atoms with Crippen LogP contribution in [0.3, 0.4) is 0 Å². The molecule has 2 aromatic carbocycles. The molecular formula is C23H25NO. The SMILES string of the molecule is CC(C)=CCC[C@]1(C)C=Cc2c(c(C)cc3c2[nH]c2ccccc23)O1. The molecule has 0 unspecified atom stereocenters. The van der Waals surface area contributed by atoms with Crippen LogP contribution in [0.15, 0.2) is 48.1 Å². The van der Waals surface area contributed by atoms with E-state index in [1.165, 1.54) is 38.5 Å². The van der Waals surface area contributed by atoms with Crippen molar-refractivity contribution in [3.8, 4) is 5.75 Å². The van der Waals surface area contributed by atoms with E-state index in [0.29, 0.717) is 0 Å². The Labute approximate surface area is 149 Å². The fraction of sp³-hybridized carbons (Fsp3) is 0.304. The Hall–Kier alpha value is -2.48. The first-order chi connectivity index (χ1) is 12.0. The Morgan fingerprint density at radius 3 is 2.80 bits per heavy atom. The van der Waals surface area contributed by atoms with Crippen molar-refractivity contribution in [3.05, 3.63) is 59.2 Å². The van der Waals surface area contributed by atoms with E-state index in [1.807, 2.05) is 0 Å². The summed E-state index contributed by atoms with van der Waals surface area (Å²) in [5, 5.41) is 2.54. The van der Waals surface area contributed by atoms with Gasteiger partial charge in [-0.2, -0.15) is 0 Å². The van der Waals surface area contributed by atoms with Gasteiger partial charge in [0, 0.05) is 21.9 Å². The molecule has 1 atom stereocenters. The number of allylic oxidation sites excluding steroid dienone is 2. The van der Waals surface area contributed by atoms with Gasteiger partial charge in [-0.05, 0) is 70.4 Å². The number of benzene rings is 2. The standard InChI is InChI=1S/C23H25NO/c1-15(2)8-7-12-23(4)13-11-18-21-19(14-16(3)22(18)25-23)17-9-5-6-10-20(17)24-21/h5-6,8-11,13-14,24H,7,12H2,1-4H3/t23-/m1/s1. The van der Waals surface area contributed by atoms with E-state index in [0.717, 1.165) is 18.6 Å². The molecule has 0 aliphatic carbocycles. The number of aromatic amines is 1. The molecule has 0 spiro atoms. The lowest BCUT2D eigenvalue weighted by Crippen LogP contribution is -2.32. The molecule has 1 aliphatic heterocycles. The van der Waals surface area contributed by atoms with Crippen LogP contribution < -0.4 is 4.74 Å². The summed E-state index contributed by atoms with van der Waals surface area (Å²) >= 11 is 0. The molecule has 0 fully saturated rings. The number of rotatable bonds is 3. The highest BCUT2D eigenvalue weighted by molar-refractivity contribution is 6.11. The molecule has 25 heavy (non-hydrogen) atoms. The molecular weight excluding hydrogens is 306 g/mol. The van der Waals surface area contributed by atoms with Gasteiger partial charge in [0.2, 0.25) is 0 Å². The largest absolute Gasteiger partial charge is 0.482 e. The van der Waals surface area contributed by atoms with Crippen LogP contribution in [-0.4, -0.2) is 10.6 Å². The van der Waals surface area contributed by atoms with Crippen molar-refractivity contribution in [2.45, 2.75) is 46.1 Å². The van der Waals surface area contributed by atoms with Gasteiger partial charge < -0.3 is 9.72 Å². The highest BCUT2D eigenvalue weighted by atomic mass is 16.5. The first-order valence-electron chi connectivity index (χ1n) is 9.02. The van der Waals surface area contributed by atoms with Gasteiger partial charge in [-0.1, -0.05) is 29.8 Å². The minimum atomic E-state index is -0.247. The molecule has 2 nitrogen and oxygen atoms in total. The smallest absolute Gasteiger partial charge is 0.132 e. The van der Waals surface area contributed by atoms with Crippen molar-refractivity contribution in [1.29, 1.82) is 0 Å². The Kier molecular flexibility index (Phi) is 3.72. The lowest BCUT2D eigenvalue weighted by molar-refractivity contribution is 0.128. The first-order valence-corrected chi connectivity index (χ1v) is 9.02. The molecule has 0 radical (unpaired) electrons. The third-order valence-corrected chi connectivity index (χ3v) is 5.11. The molecule has 2 heteroatoms. The number of para-hydroxylation sites is 1. The van der Waals surface area contributed by atoms with Gasteiger partial charge in [-0.3, -0.25) is 0 Å². The maximum atomic E-state index is 6.50. The summed E-state index contributed by atoms with van der Waals surface area (Å²) in [5.41, 5.74) is 5.83. The van der Waals surface area contributed by atoms with Crippen LogP contribution in [0.1, 0.15) is 44.7 Å². The summed E-state index contributed by atoms with van der Waals surface area (Å²) in [6.07, 6.45) is 8.76. The Morgan fingerprint density at radius 1 is 1.20 bits per heavy atom. The van der Waals surface area contributed by atoms with Gasteiger partial charge in [0.05, 0.1) is 5.52 Å². The zero-order chi connectivity index (χ0) is 17.6. The summed E-state index contributed by atoms with van der Waals surface area (Å²) < 4.78 is 6.50. The van der Waals surface area contributed by atoms with Gasteiger partial charge >= 0.3 is 0 Å². The monoisotopic (exact) mass is 331 g/mol. The third-order valence-electron chi connectivity index (χ3n) is 5.11. The number of H-pyrrole nitrogens is 1. The van der Waals surface area contributed by atoms with Crippen molar-refractivity contribution in [3.63, 3.8) is 0 Å². The van der Waals surface area contributed by atoms with Gasteiger partial charge in [-0.25, -0.2) is 0 Å². The molecule has 1 aromatic heterocycles. The van der Waals surface area contributed by atoms with Crippen LogP contribution in [0.25, 0.3) is 27.9 Å². The van der Waals surface area contributed by atoms with Gasteiger partial charge in [-0.15, -0.1) is 0 Å². The molecule has 0 amide bonds. The molecule has 2 heterocycles. The van der Waals surface area contributed by atoms with Crippen molar-refractivity contribution in [2.75, 3.05) is 0 Å². The Bertz CT molecular complexity index is 1020. The van der Waals surface area contributed by atoms with Crippen LogP contribution in [-0.2, 0) is 0 Å². The lowest BCUT2D eigenvalue weighted by Gasteiger charge is -2.32. The second-order valence-corrected chi connectivity index (χ2v) is 7.60. The molecule has 128 valence electrons. The van der Waals surface area contributed by atoms with Gasteiger partial charge in [0.25, 0.3) is 0 Å². The molecule has 0 bridgehead atoms. The minimum absolute atomic E-state index is 0.247. The van der Waals surface area contributed by atoms with Crippen LogP contribution in [0, 0.1) is 6.92 Å². The third kappa shape index (κ3) is 2.76. The number of hydrogen-bond acceptors (Lipinski definition) is 1. The maximum Gasteiger partial charge on any atom is 0.132 e. The van der Waals surface area contributed by atoms with Crippen molar-refractivity contribution >= 4 is 27.9 Å². The van der Waals surface area contributed by atoms with Crippen molar-refractivity contribution in [2.24, 2.45) is 0 Å². The quantitative estimate of drug-likeness (QED) is 0.541. The summed E-state index contributed by atoms with van der Waals surface area (Å²) in [6, 6.07) is 10.7. The summed E-state index contributed by atoms with van der Waals surface area (Å²) in [6.45, 7) is 8.62.